The summed E-state index contributed by atoms with van der Waals surface area (Å²) in [4.78, 5) is 23.4. The summed E-state index contributed by atoms with van der Waals surface area (Å²) in [5.74, 6) is -0.459. The Morgan fingerprint density at radius 3 is 2.00 bits per heavy atom. The van der Waals surface area contributed by atoms with Gasteiger partial charge in [0.2, 0.25) is 0 Å². The van der Waals surface area contributed by atoms with Crippen LogP contribution in [0.1, 0.15) is 10.5 Å². The first-order chi connectivity index (χ1) is 14.6. The van der Waals surface area contributed by atoms with Crippen molar-refractivity contribution >= 4 is 17.0 Å². The first-order valence-corrected chi connectivity index (χ1v) is 9.85. The minimum absolute atomic E-state index is 0.215. The lowest BCUT2D eigenvalue weighted by Crippen LogP contribution is -2.20. The fourth-order valence-electron chi connectivity index (χ4n) is 3.27. The quantitative estimate of drug-likeness (QED) is 0.442. The number of esters is 1. The number of likely N-dealkylation sites (N-methyl/N-ethyl adjacent to an activating group) is 1. The molecule has 5 heteroatoms. The highest BCUT2D eigenvalue weighted by Crippen LogP contribution is 2.34. The third kappa shape index (κ3) is 4.36. The zero-order valence-electron chi connectivity index (χ0n) is 17.1. The van der Waals surface area contributed by atoms with Crippen LogP contribution in [0.2, 0.25) is 0 Å². The van der Waals surface area contributed by atoms with Crippen LogP contribution in [0.5, 0.6) is 0 Å². The molecule has 0 saturated carbocycles. The van der Waals surface area contributed by atoms with Crippen molar-refractivity contribution in [1.82, 2.24) is 14.9 Å². The van der Waals surface area contributed by atoms with Crippen molar-refractivity contribution in [3.8, 4) is 22.3 Å². The Balaban J connectivity index is 1.77. The second kappa shape index (κ2) is 8.84. The van der Waals surface area contributed by atoms with E-state index in [2.05, 4.69) is 34.2 Å². The maximum atomic E-state index is 12.4. The third-order valence-corrected chi connectivity index (χ3v) is 4.83. The molecule has 0 amide bonds. The van der Waals surface area contributed by atoms with Gasteiger partial charge in [-0.3, -0.25) is 4.98 Å². The largest absolute Gasteiger partial charge is 0.460 e. The van der Waals surface area contributed by atoms with E-state index in [1.807, 2.05) is 67.5 Å². The zero-order chi connectivity index (χ0) is 20.9. The number of fused-ring (bicyclic) bond motifs is 1. The third-order valence-electron chi connectivity index (χ3n) is 4.83. The molecule has 0 aliphatic heterocycles. The summed E-state index contributed by atoms with van der Waals surface area (Å²) in [5, 5.41) is 0. The molecule has 0 spiro atoms. The predicted octanol–water partition coefficient (Wildman–Crippen LogP) is 4.68. The number of carbonyl (C=O) groups excluding carboxylic acids is 1. The van der Waals surface area contributed by atoms with E-state index in [-0.39, 0.29) is 5.69 Å². The average Bonchev–Trinajstić information content (AvgIpc) is 2.78. The molecule has 5 nitrogen and oxygen atoms in total. The summed E-state index contributed by atoms with van der Waals surface area (Å²) in [6.07, 6.45) is 1.48. The molecule has 1 aromatic heterocycles. The van der Waals surface area contributed by atoms with Gasteiger partial charge in [0.25, 0.3) is 0 Å². The van der Waals surface area contributed by atoms with E-state index in [1.165, 1.54) is 6.20 Å². The van der Waals surface area contributed by atoms with E-state index in [0.717, 1.165) is 27.8 Å². The van der Waals surface area contributed by atoms with E-state index in [9.17, 15) is 4.79 Å². The predicted molar refractivity (Wildman–Crippen MR) is 119 cm³/mol. The van der Waals surface area contributed by atoms with Gasteiger partial charge in [-0.2, -0.15) is 0 Å². The van der Waals surface area contributed by atoms with E-state index in [4.69, 9.17) is 4.74 Å². The van der Waals surface area contributed by atoms with Crippen LogP contribution in [-0.4, -0.2) is 48.1 Å². The highest BCUT2D eigenvalue weighted by Gasteiger charge is 2.14. The van der Waals surface area contributed by atoms with Gasteiger partial charge in [0.05, 0.1) is 17.2 Å². The van der Waals surface area contributed by atoms with Crippen molar-refractivity contribution in [2.24, 2.45) is 0 Å². The fraction of sp³-hybridized carbons (Fsp3) is 0.160. The van der Waals surface area contributed by atoms with Crippen LogP contribution in [0, 0.1) is 0 Å². The van der Waals surface area contributed by atoms with Gasteiger partial charge in [0.1, 0.15) is 6.61 Å². The second-order valence-electron chi connectivity index (χ2n) is 7.31. The number of benzene rings is 3. The molecule has 0 saturated heterocycles. The highest BCUT2D eigenvalue weighted by atomic mass is 16.5. The molecule has 30 heavy (non-hydrogen) atoms. The van der Waals surface area contributed by atoms with E-state index < -0.39 is 5.97 Å². The summed E-state index contributed by atoms with van der Waals surface area (Å²) in [6.45, 7) is 0.971. The molecule has 0 aliphatic rings. The summed E-state index contributed by atoms with van der Waals surface area (Å²) < 4.78 is 5.31. The molecule has 0 fully saturated rings. The number of aromatic nitrogens is 2. The van der Waals surface area contributed by atoms with Crippen LogP contribution < -0.4 is 0 Å². The van der Waals surface area contributed by atoms with Gasteiger partial charge >= 0.3 is 5.97 Å². The standard InChI is InChI=1S/C25H23N3O2/c1-28(2)13-14-30-25(29)24-17-26-22-15-20(18-9-5-3-6-10-18)21(16-23(22)27-24)19-11-7-4-8-12-19/h3-12,15-17H,13-14H2,1-2H3. The topological polar surface area (TPSA) is 55.3 Å². The Bertz CT molecular complexity index is 1160. The van der Waals surface area contributed by atoms with Crippen LogP contribution in [0.25, 0.3) is 33.3 Å². The Morgan fingerprint density at radius 1 is 0.867 bits per heavy atom. The molecule has 4 aromatic rings. The van der Waals surface area contributed by atoms with Gasteiger partial charge in [-0.05, 0) is 48.5 Å². The number of rotatable bonds is 6. The van der Waals surface area contributed by atoms with Crippen LogP contribution >= 0.6 is 0 Å². The molecule has 0 N–H and O–H groups in total. The zero-order valence-corrected chi connectivity index (χ0v) is 17.1. The minimum atomic E-state index is -0.459. The molecule has 0 atom stereocenters. The SMILES string of the molecule is CN(C)CCOC(=O)c1cnc2cc(-c3ccccc3)c(-c3ccccc3)cc2n1. The molecule has 0 aliphatic carbocycles. The lowest BCUT2D eigenvalue weighted by Gasteiger charge is -2.13. The van der Waals surface area contributed by atoms with Crippen molar-refractivity contribution in [1.29, 1.82) is 0 Å². The van der Waals surface area contributed by atoms with Gasteiger partial charge < -0.3 is 9.64 Å². The Labute approximate surface area is 176 Å². The Hall–Kier alpha value is -3.57. The van der Waals surface area contributed by atoms with Gasteiger partial charge in [-0.25, -0.2) is 9.78 Å². The summed E-state index contributed by atoms with van der Waals surface area (Å²) in [6, 6.07) is 24.4. The number of hydrogen-bond acceptors (Lipinski definition) is 5. The van der Waals surface area contributed by atoms with Crippen LogP contribution in [0.4, 0.5) is 0 Å². The van der Waals surface area contributed by atoms with Gasteiger partial charge in [-0.1, -0.05) is 60.7 Å². The molecule has 0 radical (unpaired) electrons. The monoisotopic (exact) mass is 397 g/mol. The van der Waals surface area contributed by atoms with Gasteiger partial charge in [-0.15, -0.1) is 0 Å². The molecular formula is C25H23N3O2. The van der Waals surface area contributed by atoms with Crippen LogP contribution in [0.3, 0.4) is 0 Å². The minimum Gasteiger partial charge on any atom is -0.460 e. The number of carbonyl (C=O) groups is 1. The maximum absolute atomic E-state index is 12.4. The average molecular weight is 397 g/mol. The van der Waals surface area contributed by atoms with Crippen LogP contribution in [-0.2, 0) is 4.74 Å². The number of ether oxygens (including phenoxy) is 1. The molecular weight excluding hydrogens is 374 g/mol. The first kappa shape index (κ1) is 19.7. The second-order valence-corrected chi connectivity index (χ2v) is 7.31. The normalized spacial score (nSPS) is 11.0. The summed E-state index contributed by atoms with van der Waals surface area (Å²) in [5.41, 5.74) is 5.92. The molecule has 1 heterocycles. The van der Waals surface area contributed by atoms with Gasteiger partial charge in [0, 0.05) is 6.54 Å². The number of hydrogen-bond donors (Lipinski definition) is 0. The van der Waals surface area contributed by atoms with E-state index in [0.29, 0.717) is 18.7 Å². The van der Waals surface area contributed by atoms with Crippen molar-refractivity contribution < 1.29 is 9.53 Å². The van der Waals surface area contributed by atoms with Crippen molar-refractivity contribution in [3.63, 3.8) is 0 Å². The first-order valence-electron chi connectivity index (χ1n) is 9.85. The van der Waals surface area contributed by atoms with E-state index in [1.54, 1.807) is 0 Å². The Kier molecular flexibility index (Phi) is 5.82. The smallest absolute Gasteiger partial charge is 0.358 e. The lowest BCUT2D eigenvalue weighted by molar-refractivity contribution is 0.0475. The maximum Gasteiger partial charge on any atom is 0.358 e. The lowest BCUT2D eigenvalue weighted by atomic mass is 9.94. The van der Waals surface area contributed by atoms with Crippen molar-refractivity contribution in [2.45, 2.75) is 0 Å². The highest BCUT2D eigenvalue weighted by molar-refractivity contribution is 5.95. The molecule has 4 rings (SSSR count). The Morgan fingerprint density at radius 2 is 1.43 bits per heavy atom. The fourth-order valence-corrected chi connectivity index (χ4v) is 3.27. The number of nitrogens with zero attached hydrogens (tertiary/aromatic N) is 3. The molecule has 0 unspecified atom stereocenters. The molecule has 3 aromatic carbocycles. The van der Waals surface area contributed by atoms with E-state index >= 15 is 0 Å². The summed E-state index contributed by atoms with van der Waals surface area (Å²) in [7, 11) is 3.86. The van der Waals surface area contributed by atoms with Gasteiger partial charge in [0.15, 0.2) is 5.69 Å². The summed E-state index contributed by atoms with van der Waals surface area (Å²) >= 11 is 0. The molecule has 150 valence electrons. The van der Waals surface area contributed by atoms with Crippen molar-refractivity contribution in [3.05, 3.63) is 84.7 Å². The van der Waals surface area contributed by atoms with Crippen molar-refractivity contribution in [2.75, 3.05) is 27.2 Å². The van der Waals surface area contributed by atoms with Crippen LogP contribution in [0.15, 0.2) is 79.0 Å². The molecule has 0 bridgehead atoms.